The number of hydrazine groups is 1. The Labute approximate surface area is 183 Å². The van der Waals surface area contributed by atoms with Gasteiger partial charge in [0.1, 0.15) is 0 Å². The van der Waals surface area contributed by atoms with Crippen LogP contribution in [0.5, 0.6) is 0 Å². The normalized spacial score (nSPS) is 12.2. The molecule has 0 aromatic rings. The molecular formula is C7H6F5N5O8S5. The Balaban J connectivity index is 5.42. The van der Waals surface area contributed by atoms with Gasteiger partial charge in [0.25, 0.3) is 5.91 Å². The SMILES string of the molecule is O=C(CCC([N+](=O)[O-])([N+](=O)[O-])[N+](=O)[O-])NNC(=O)C(SF)(SF)C(SF)(SF)SF. The van der Waals surface area contributed by atoms with Crippen molar-refractivity contribution in [3.05, 3.63) is 30.3 Å². The van der Waals surface area contributed by atoms with Crippen LogP contribution in [-0.2, 0) is 9.59 Å². The predicted octanol–water partition coefficient (Wildman–Crippen LogP) is 2.84. The molecule has 0 bridgehead atoms. The summed E-state index contributed by atoms with van der Waals surface area (Å²) < 4.78 is 58.5. The van der Waals surface area contributed by atoms with Crippen LogP contribution < -0.4 is 10.9 Å². The van der Waals surface area contributed by atoms with Crippen molar-refractivity contribution in [1.29, 1.82) is 0 Å². The van der Waals surface area contributed by atoms with Gasteiger partial charge in [-0.25, -0.2) is 0 Å². The topological polar surface area (TPSA) is 188 Å². The summed E-state index contributed by atoms with van der Waals surface area (Å²) >= 11 is -6.53. The fraction of sp³-hybridized carbons (Fsp3) is 0.714. The summed E-state index contributed by atoms with van der Waals surface area (Å²) in [6.07, 6.45) is -2.95. The van der Waals surface area contributed by atoms with Crippen molar-refractivity contribution < 1.29 is 43.8 Å². The third-order valence-corrected chi connectivity index (χ3v) is 8.34. The number of nitrogens with one attached hydrogen (secondary N) is 2. The summed E-state index contributed by atoms with van der Waals surface area (Å²) in [4.78, 5) is 50.1. The largest absolute Gasteiger partial charge is 0.700 e. The van der Waals surface area contributed by atoms with Gasteiger partial charge < -0.3 is 0 Å². The Hall–Kier alpha value is -1.46. The maximum Gasteiger partial charge on any atom is 0.700 e. The van der Waals surface area contributed by atoms with E-state index in [0.29, 0.717) is 0 Å². The Morgan fingerprint density at radius 2 is 1.17 bits per heavy atom. The van der Waals surface area contributed by atoms with Gasteiger partial charge in [-0.1, -0.05) is 0 Å². The van der Waals surface area contributed by atoms with E-state index in [1.54, 1.807) is 0 Å². The van der Waals surface area contributed by atoms with Crippen LogP contribution in [0.15, 0.2) is 0 Å². The first-order valence-corrected chi connectivity index (χ1v) is 10.0. The molecule has 0 atom stereocenters. The highest BCUT2D eigenvalue weighted by Crippen LogP contribution is 2.65. The van der Waals surface area contributed by atoms with Crippen molar-refractivity contribution in [2.45, 2.75) is 26.1 Å². The first-order chi connectivity index (χ1) is 13.9. The minimum atomic E-state index is -4.01. The zero-order valence-electron chi connectivity index (χ0n) is 13.5. The van der Waals surface area contributed by atoms with Crippen LogP contribution in [0, 0.1) is 30.3 Å². The fourth-order valence-electron chi connectivity index (χ4n) is 1.53. The monoisotopic (exact) mass is 543 g/mol. The van der Waals surface area contributed by atoms with Crippen LogP contribution in [0.3, 0.4) is 0 Å². The molecule has 30 heavy (non-hydrogen) atoms. The van der Waals surface area contributed by atoms with Crippen LogP contribution in [-0.4, -0.2) is 39.9 Å². The molecule has 0 saturated carbocycles. The van der Waals surface area contributed by atoms with Crippen molar-refractivity contribution in [2.24, 2.45) is 0 Å². The van der Waals surface area contributed by atoms with Crippen LogP contribution in [0.25, 0.3) is 0 Å². The molecule has 0 radical (unpaired) electrons. The molecule has 0 aromatic heterocycles. The van der Waals surface area contributed by atoms with E-state index in [4.69, 9.17) is 0 Å². The van der Waals surface area contributed by atoms with Gasteiger partial charge in [0.05, 0.1) is 67.2 Å². The van der Waals surface area contributed by atoms with Gasteiger partial charge in [-0.2, -0.15) is 19.4 Å². The van der Waals surface area contributed by atoms with Gasteiger partial charge in [-0.3, -0.25) is 50.8 Å². The van der Waals surface area contributed by atoms with Crippen LogP contribution in [0.1, 0.15) is 12.8 Å². The van der Waals surface area contributed by atoms with E-state index in [2.05, 4.69) is 0 Å². The number of carbonyl (C=O) groups excluding carboxylic acids is 2. The van der Waals surface area contributed by atoms with E-state index in [1.165, 1.54) is 10.9 Å². The maximum atomic E-state index is 13.2. The van der Waals surface area contributed by atoms with Crippen molar-refractivity contribution in [1.82, 2.24) is 10.9 Å². The lowest BCUT2D eigenvalue weighted by Crippen LogP contribution is -2.57. The second-order valence-electron chi connectivity index (χ2n) is 4.61. The molecule has 2 N–H and O–H groups in total. The second kappa shape index (κ2) is 11.8. The Kier molecular flexibility index (Phi) is 11.2. The van der Waals surface area contributed by atoms with E-state index < -0.39 is 113 Å². The molecule has 0 spiro atoms. The fourth-order valence-corrected chi connectivity index (χ4v) is 4.06. The summed E-state index contributed by atoms with van der Waals surface area (Å²) in [6.45, 7) is 0. The van der Waals surface area contributed by atoms with E-state index in [0.717, 1.165) is 0 Å². The molecule has 0 rings (SSSR count). The minimum Gasteiger partial charge on any atom is -0.273 e. The third kappa shape index (κ3) is 5.23. The molecule has 0 aromatic carbocycles. The predicted molar refractivity (Wildman–Crippen MR) is 98.2 cm³/mol. The standard InChI is InChI=1S/C7H6F5N5O8S5/c8-26-6(27-9,7(28-10,29-11)30-12)4(19)14-13-3(18)1-2-5(15(20)21,16(22)23)17(24)25/h1-2H2,(H,13,18)(H,14,19). The van der Waals surface area contributed by atoms with Gasteiger partial charge in [-0.15, -0.1) is 0 Å². The number of halogens is 5. The first kappa shape index (κ1) is 28.5. The molecular weight excluding hydrogens is 537 g/mol. The van der Waals surface area contributed by atoms with E-state index in [1.807, 2.05) is 0 Å². The number of carbonyl (C=O) groups is 2. The highest BCUT2D eigenvalue weighted by atomic mass is 32.3. The number of hydrogen-bond acceptors (Lipinski definition) is 13. The van der Waals surface area contributed by atoms with Crippen molar-refractivity contribution in [3.63, 3.8) is 0 Å². The van der Waals surface area contributed by atoms with Crippen LogP contribution in [0.4, 0.5) is 19.4 Å². The van der Waals surface area contributed by atoms with E-state index in [9.17, 15) is 59.4 Å². The van der Waals surface area contributed by atoms with E-state index in [-0.39, 0.29) is 0 Å². The van der Waals surface area contributed by atoms with Gasteiger partial charge in [0.15, 0.2) is 21.2 Å². The summed E-state index contributed by atoms with van der Waals surface area (Å²) in [5, 5.41) is 32.2. The molecule has 2 amide bonds. The Bertz CT molecular complexity index is 655. The molecule has 0 saturated heterocycles. The second-order valence-corrected chi connectivity index (χ2v) is 9.47. The van der Waals surface area contributed by atoms with Gasteiger partial charge in [-0.05, 0) is 0 Å². The Morgan fingerprint density at radius 3 is 1.47 bits per heavy atom. The minimum absolute atomic E-state index is 1.25. The summed E-state index contributed by atoms with van der Waals surface area (Å²) in [7, 11) is 0. The molecule has 0 aliphatic carbocycles. The number of nitrogens with zero attached hydrogens (tertiary/aromatic N) is 3. The van der Waals surface area contributed by atoms with Crippen molar-refractivity contribution in [2.75, 3.05) is 0 Å². The van der Waals surface area contributed by atoms with Crippen LogP contribution >= 0.6 is 60.7 Å². The third-order valence-electron chi connectivity index (χ3n) is 3.10. The maximum absolute atomic E-state index is 13.2. The molecule has 0 heterocycles. The summed E-state index contributed by atoms with van der Waals surface area (Å²) in [5.74, 6) is -7.62. The highest BCUT2D eigenvalue weighted by molar-refractivity contribution is 8.33. The van der Waals surface area contributed by atoms with Gasteiger partial charge in [0.2, 0.25) is 13.4 Å². The van der Waals surface area contributed by atoms with Gasteiger partial charge >= 0.3 is 5.79 Å². The zero-order chi connectivity index (χ0) is 23.8. The lowest BCUT2D eigenvalue weighted by atomic mass is 10.2. The molecule has 23 heteroatoms. The molecule has 0 aliphatic rings. The average molecular weight is 543 g/mol. The molecule has 0 unspecified atom stereocenters. The van der Waals surface area contributed by atoms with Crippen molar-refractivity contribution in [3.8, 4) is 0 Å². The Morgan fingerprint density at radius 1 is 0.767 bits per heavy atom. The number of amides is 2. The lowest BCUT2D eigenvalue weighted by molar-refractivity contribution is -0.970. The molecule has 0 aliphatic heterocycles. The smallest absolute Gasteiger partial charge is 0.273 e. The summed E-state index contributed by atoms with van der Waals surface area (Å²) in [6, 6.07) is 0. The zero-order valence-corrected chi connectivity index (χ0v) is 17.5. The van der Waals surface area contributed by atoms with E-state index >= 15 is 0 Å². The number of rotatable bonds is 13. The summed E-state index contributed by atoms with van der Waals surface area (Å²) in [5.41, 5.74) is 2.58. The van der Waals surface area contributed by atoms with Crippen molar-refractivity contribution >= 4 is 72.6 Å². The molecule has 172 valence electrons. The van der Waals surface area contributed by atoms with Gasteiger partial charge in [0, 0.05) is 0 Å². The average Bonchev–Trinajstić information content (AvgIpc) is 2.70. The number of nitro groups is 3. The van der Waals surface area contributed by atoms with Crippen LogP contribution in [0.2, 0.25) is 0 Å². The number of hydrogen-bond donors (Lipinski definition) is 2. The quantitative estimate of drug-likeness (QED) is 0.149. The molecule has 13 nitrogen and oxygen atoms in total. The lowest BCUT2D eigenvalue weighted by Gasteiger charge is -2.34. The highest BCUT2D eigenvalue weighted by Gasteiger charge is 2.70. The first-order valence-electron chi connectivity index (χ1n) is 6.42. The molecule has 0 fully saturated rings.